The lowest BCUT2D eigenvalue weighted by Gasteiger charge is -2.29. The lowest BCUT2D eigenvalue weighted by Crippen LogP contribution is -2.29. The highest BCUT2D eigenvalue weighted by atomic mass is 16.5. The Morgan fingerprint density at radius 2 is 2.55 bits per heavy atom. The van der Waals surface area contributed by atoms with E-state index in [1.54, 1.807) is 6.08 Å². The Morgan fingerprint density at radius 1 is 1.73 bits per heavy atom. The fourth-order valence-electron chi connectivity index (χ4n) is 1.42. The third-order valence-electron chi connectivity index (χ3n) is 2.09. The van der Waals surface area contributed by atoms with E-state index in [-0.39, 0.29) is 5.41 Å². The van der Waals surface area contributed by atoms with Gasteiger partial charge in [0.15, 0.2) is 0 Å². The molecule has 1 unspecified atom stereocenters. The van der Waals surface area contributed by atoms with Gasteiger partial charge in [0.25, 0.3) is 0 Å². The summed E-state index contributed by atoms with van der Waals surface area (Å²) in [6, 6.07) is 2.32. The molecule has 0 aromatic rings. The summed E-state index contributed by atoms with van der Waals surface area (Å²) in [6.45, 7) is 5.03. The summed E-state index contributed by atoms with van der Waals surface area (Å²) in [5, 5.41) is 8.89. The molecule has 0 bridgehead atoms. The molecular weight excluding hydrogens is 138 g/mol. The van der Waals surface area contributed by atoms with Crippen molar-refractivity contribution in [2.24, 2.45) is 5.41 Å². The van der Waals surface area contributed by atoms with E-state index in [0.717, 1.165) is 25.9 Å². The molecule has 1 saturated heterocycles. The summed E-state index contributed by atoms with van der Waals surface area (Å²) in [4.78, 5) is 0. The molecule has 0 spiro atoms. The molecule has 11 heavy (non-hydrogen) atoms. The Labute approximate surface area is 67.5 Å². The smallest absolute Gasteiger partial charge is 0.0841 e. The van der Waals surface area contributed by atoms with E-state index >= 15 is 0 Å². The van der Waals surface area contributed by atoms with Crippen LogP contribution < -0.4 is 0 Å². The molecule has 1 rings (SSSR count). The van der Waals surface area contributed by atoms with E-state index in [1.165, 1.54) is 0 Å². The SMILES string of the molecule is C=CCC1(C#N)CCCOC1. The topological polar surface area (TPSA) is 33.0 Å². The average Bonchev–Trinajstić information content (AvgIpc) is 2.07. The molecule has 1 aliphatic heterocycles. The molecule has 1 fully saturated rings. The Bertz CT molecular complexity index is 174. The Morgan fingerprint density at radius 3 is 3.00 bits per heavy atom. The minimum atomic E-state index is -0.264. The minimum absolute atomic E-state index is 0.264. The monoisotopic (exact) mass is 151 g/mol. The molecule has 0 N–H and O–H groups in total. The maximum absolute atomic E-state index is 8.89. The van der Waals surface area contributed by atoms with Crippen molar-refractivity contribution in [2.75, 3.05) is 13.2 Å². The van der Waals surface area contributed by atoms with Crippen molar-refractivity contribution in [3.63, 3.8) is 0 Å². The van der Waals surface area contributed by atoms with Crippen LogP contribution in [0.5, 0.6) is 0 Å². The van der Waals surface area contributed by atoms with Gasteiger partial charge in [0.05, 0.1) is 18.1 Å². The van der Waals surface area contributed by atoms with Gasteiger partial charge in [0, 0.05) is 6.61 Å². The minimum Gasteiger partial charge on any atom is -0.380 e. The summed E-state index contributed by atoms with van der Waals surface area (Å²) in [7, 11) is 0. The second kappa shape index (κ2) is 3.54. The second-order valence-corrected chi connectivity index (χ2v) is 3.04. The lowest BCUT2D eigenvalue weighted by molar-refractivity contribution is 0.0236. The number of allylic oxidation sites excluding steroid dienone is 1. The summed E-state index contributed by atoms with van der Waals surface area (Å²) < 4.78 is 5.26. The number of ether oxygens (including phenoxy) is 1. The van der Waals surface area contributed by atoms with Gasteiger partial charge in [0.2, 0.25) is 0 Å². The van der Waals surface area contributed by atoms with Gasteiger partial charge in [0.1, 0.15) is 0 Å². The van der Waals surface area contributed by atoms with Crippen LogP contribution in [0.2, 0.25) is 0 Å². The zero-order valence-electron chi connectivity index (χ0n) is 6.68. The van der Waals surface area contributed by atoms with Gasteiger partial charge >= 0.3 is 0 Å². The van der Waals surface area contributed by atoms with E-state index < -0.39 is 0 Å². The molecule has 1 aliphatic rings. The van der Waals surface area contributed by atoms with Crippen LogP contribution in [-0.4, -0.2) is 13.2 Å². The number of nitriles is 1. The van der Waals surface area contributed by atoms with Gasteiger partial charge in [-0.05, 0) is 19.3 Å². The molecule has 2 heteroatoms. The summed E-state index contributed by atoms with van der Waals surface area (Å²) in [6.07, 6.45) is 4.51. The predicted octanol–water partition coefficient (Wildman–Crippen LogP) is 1.88. The van der Waals surface area contributed by atoms with Crippen molar-refractivity contribution in [1.82, 2.24) is 0 Å². The first kappa shape index (κ1) is 8.29. The van der Waals surface area contributed by atoms with Crippen LogP contribution in [-0.2, 0) is 4.74 Å². The van der Waals surface area contributed by atoms with Crippen molar-refractivity contribution >= 4 is 0 Å². The van der Waals surface area contributed by atoms with Crippen LogP contribution in [0, 0.1) is 16.7 Å². The van der Waals surface area contributed by atoms with Crippen LogP contribution in [0.15, 0.2) is 12.7 Å². The highest BCUT2D eigenvalue weighted by Crippen LogP contribution is 2.31. The molecule has 0 amide bonds. The highest BCUT2D eigenvalue weighted by Gasteiger charge is 2.31. The highest BCUT2D eigenvalue weighted by molar-refractivity contribution is 5.03. The van der Waals surface area contributed by atoms with Gasteiger partial charge in [-0.25, -0.2) is 0 Å². The summed E-state index contributed by atoms with van der Waals surface area (Å²) in [5.41, 5.74) is -0.264. The maximum Gasteiger partial charge on any atom is 0.0841 e. The standard InChI is InChI=1S/C9H13NO/c1-2-4-9(7-10)5-3-6-11-8-9/h2H,1,3-6,8H2. The van der Waals surface area contributed by atoms with Crippen LogP contribution in [0.3, 0.4) is 0 Å². The third kappa shape index (κ3) is 1.81. The lowest BCUT2D eigenvalue weighted by atomic mass is 9.81. The largest absolute Gasteiger partial charge is 0.380 e. The Balaban J connectivity index is 2.58. The van der Waals surface area contributed by atoms with Gasteiger partial charge < -0.3 is 4.74 Å². The van der Waals surface area contributed by atoms with Gasteiger partial charge in [-0.2, -0.15) is 5.26 Å². The fraction of sp³-hybridized carbons (Fsp3) is 0.667. The normalized spacial score (nSPS) is 30.8. The van der Waals surface area contributed by atoms with E-state index in [4.69, 9.17) is 10.00 Å². The first-order valence-corrected chi connectivity index (χ1v) is 3.93. The zero-order valence-corrected chi connectivity index (χ0v) is 6.68. The van der Waals surface area contributed by atoms with E-state index in [2.05, 4.69) is 12.6 Å². The molecule has 0 aromatic carbocycles. The molecule has 2 nitrogen and oxygen atoms in total. The van der Waals surface area contributed by atoms with Crippen molar-refractivity contribution < 1.29 is 4.74 Å². The molecule has 0 aliphatic carbocycles. The Hall–Kier alpha value is -0.810. The molecule has 0 saturated carbocycles. The van der Waals surface area contributed by atoms with Crippen molar-refractivity contribution in [3.8, 4) is 6.07 Å². The van der Waals surface area contributed by atoms with E-state index in [9.17, 15) is 0 Å². The van der Waals surface area contributed by atoms with E-state index in [0.29, 0.717) is 6.61 Å². The van der Waals surface area contributed by atoms with Crippen LogP contribution in [0.1, 0.15) is 19.3 Å². The van der Waals surface area contributed by atoms with Crippen LogP contribution in [0.25, 0.3) is 0 Å². The predicted molar refractivity (Wildman–Crippen MR) is 42.9 cm³/mol. The van der Waals surface area contributed by atoms with Gasteiger partial charge in [-0.3, -0.25) is 0 Å². The van der Waals surface area contributed by atoms with Gasteiger partial charge in [-0.1, -0.05) is 6.08 Å². The van der Waals surface area contributed by atoms with Crippen LogP contribution >= 0.6 is 0 Å². The summed E-state index contributed by atoms with van der Waals surface area (Å²) >= 11 is 0. The van der Waals surface area contributed by atoms with Crippen molar-refractivity contribution in [3.05, 3.63) is 12.7 Å². The Kier molecular flexibility index (Phi) is 2.67. The molecule has 1 heterocycles. The molecule has 0 aromatic heterocycles. The van der Waals surface area contributed by atoms with Crippen molar-refractivity contribution in [1.29, 1.82) is 5.26 Å². The average molecular weight is 151 g/mol. The molecule has 0 radical (unpaired) electrons. The number of nitrogens with zero attached hydrogens (tertiary/aromatic N) is 1. The van der Waals surface area contributed by atoms with Crippen LogP contribution in [0.4, 0.5) is 0 Å². The number of rotatable bonds is 2. The third-order valence-corrected chi connectivity index (χ3v) is 2.09. The van der Waals surface area contributed by atoms with Gasteiger partial charge in [-0.15, -0.1) is 6.58 Å². The maximum atomic E-state index is 8.89. The van der Waals surface area contributed by atoms with E-state index in [1.807, 2.05) is 0 Å². The number of hydrogen-bond acceptors (Lipinski definition) is 2. The quantitative estimate of drug-likeness (QED) is 0.564. The zero-order chi connectivity index (χ0) is 8.16. The first-order valence-electron chi connectivity index (χ1n) is 3.93. The fourth-order valence-corrected chi connectivity index (χ4v) is 1.42. The van der Waals surface area contributed by atoms with Crippen molar-refractivity contribution in [2.45, 2.75) is 19.3 Å². The summed E-state index contributed by atoms with van der Waals surface area (Å²) in [5.74, 6) is 0. The molecule has 1 atom stereocenters. The molecular formula is C9H13NO. The number of hydrogen-bond donors (Lipinski definition) is 0. The molecule has 60 valence electrons. The second-order valence-electron chi connectivity index (χ2n) is 3.04. The first-order chi connectivity index (χ1) is 5.33.